The third-order valence-corrected chi connectivity index (χ3v) is 3.33. The summed E-state index contributed by atoms with van der Waals surface area (Å²) in [6, 6.07) is 11.5. The van der Waals surface area contributed by atoms with Crippen molar-refractivity contribution in [1.29, 1.82) is 0 Å². The first kappa shape index (κ1) is 16.3. The Balaban J connectivity index is 1.69. The van der Waals surface area contributed by atoms with Crippen molar-refractivity contribution < 1.29 is 9.34 Å². The zero-order valence-electron chi connectivity index (χ0n) is 13.6. The van der Waals surface area contributed by atoms with Crippen LogP contribution in [-0.4, -0.2) is 21.1 Å². The van der Waals surface area contributed by atoms with Crippen molar-refractivity contribution in [3.63, 3.8) is 0 Å². The maximum absolute atomic E-state index is 10.7. The molecule has 0 aliphatic carbocycles. The molecule has 25 heavy (non-hydrogen) atoms. The second-order valence-electron chi connectivity index (χ2n) is 5.35. The molecule has 0 atom stereocenters. The smallest absolute Gasteiger partial charge is 0.269 e. The maximum Gasteiger partial charge on any atom is 0.269 e. The third-order valence-electron chi connectivity index (χ3n) is 3.33. The lowest BCUT2D eigenvalue weighted by Crippen LogP contribution is -1.99. The highest BCUT2D eigenvalue weighted by Gasteiger charge is 2.08. The van der Waals surface area contributed by atoms with Crippen LogP contribution in [0.25, 0.3) is 11.3 Å². The lowest BCUT2D eigenvalue weighted by atomic mass is 10.1. The van der Waals surface area contributed by atoms with Crippen LogP contribution in [-0.2, 0) is 0 Å². The molecular formula is C17H15N5O3. The summed E-state index contributed by atoms with van der Waals surface area (Å²) in [6.07, 6.45) is 1.51. The number of nitrogens with one attached hydrogen (secondary N) is 1. The Morgan fingerprint density at radius 1 is 1.12 bits per heavy atom. The zero-order chi connectivity index (χ0) is 17.8. The van der Waals surface area contributed by atoms with Crippen LogP contribution in [0.2, 0.25) is 0 Å². The Kier molecular flexibility index (Phi) is 4.51. The van der Waals surface area contributed by atoms with Gasteiger partial charge >= 0.3 is 0 Å². The fourth-order valence-electron chi connectivity index (χ4n) is 2.25. The number of nitro groups is 1. The van der Waals surface area contributed by atoms with Crippen LogP contribution in [0.3, 0.4) is 0 Å². The highest BCUT2D eigenvalue weighted by atomic mass is 16.6. The Bertz CT molecular complexity index is 911. The van der Waals surface area contributed by atoms with Gasteiger partial charge in [-0.25, -0.2) is 15.4 Å². The van der Waals surface area contributed by atoms with E-state index < -0.39 is 4.92 Å². The molecule has 3 rings (SSSR count). The molecule has 0 bridgehead atoms. The average molecular weight is 337 g/mol. The summed E-state index contributed by atoms with van der Waals surface area (Å²) in [5.41, 5.74) is 5.24. The fourth-order valence-corrected chi connectivity index (χ4v) is 2.25. The van der Waals surface area contributed by atoms with E-state index >= 15 is 0 Å². The van der Waals surface area contributed by atoms with E-state index in [2.05, 4.69) is 20.5 Å². The molecule has 1 aromatic carbocycles. The van der Waals surface area contributed by atoms with E-state index in [1.54, 1.807) is 24.3 Å². The summed E-state index contributed by atoms with van der Waals surface area (Å²) >= 11 is 0. The predicted molar refractivity (Wildman–Crippen MR) is 93.5 cm³/mol. The number of hydrogen-bond acceptors (Lipinski definition) is 7. The maximum atomic E-state index is 10.7. The van der Waals surface area contributed by atoms with E-state index in [1.165, 1.54) is 18.3 Å². The zero-order valence-corrected chi connectivity index (χ0v) is 13.6. The minimum Gasteiger partial charge on any atom is -0.455 e. The molecule has 8 heteroatoms. The van der Waals surface area contributed by atoms with Crippen LogP contribution in [0.15, 0.2) is 52.0 Å². The first-order chi connectivity index (χ1) is 12.0. The molecule has 0 aliphatic rings. The lowest BCUT2D eigenvalue weighted by Gasteiger charge is -2.00. The summed E-state index contributed by atoms with van der Waals surface area (Å²) in [5, 5.41) is 14.7. The first-order valence-corrected chi connectivity index (χ1v) is 7.47. The van der Waals surface area contributed by atoms with Gasteiger partial charge in [-0.3, -0.25) is 10.1 Å². The molecule has 0 unspecified atom stereocenters. The van der Waals surface area contributed by atoms with Gasteiger partial charge in [0.2, 0.25) is 5.95 Å². The summed E-state index contributed by atoms with van der Waals surface area (Å²) in [5.74, 6) is 1.54. The number of aryl methyl sites for hydroxylation is 2. The topological polar surface area (TPSA) is 106 Å². The van der Waals surface area contributed by atoms with Crippen molar-refractivity contribution in [3.05, 3.63) is 69.7 Å². The Hall–Kier alpha value is -3.55. The molecule has 0 aliphatic heterocycles. The first-order valence-electron chi connectivity index (χ1n) is 7.47. The minimum absolute atomic E-state index is 0.0368. The molecule has 0 radical (unpaired) electrons. The number of benzene rings is 1. The third kappa shape index (κ3) is 4.05. The van der Waals surface area contributed by atoms with Gasteiger partial charge in [0.25, 0.3) is 5.69 Å². The molecule has 1 N–H and O–H groups in total. The minimum atomic E-state index is -0.440. The van der Waals surface area contributed by atoms with Gasteiger partial charge in [-0.05, 0) is 44.2 Å². The Morgan fingerprint density at radius 3 is 2.44 bits per heavy atom. The van der Waals surface area contributed by atoms with Gasteiger partial charge in [0.05, 0.1) is 11.1 Å². The standard InChI is InChI=1S/C17H15N5O3/c1-11-9-12(2)20-17(19-11)21-18-10-15-7-8-16(25-15)13-3-5-14(6-4-13)22(23)24/h3-10H,1-2H3,(H,19,20,21)/b18-10+. The van der Waals surface area contributed by atoms with Crippen molar-refractivity contribution in [1.82, 2.24) is 9.97 Å². The highest BCUT2D eigenvalue weighted by Crippen LogP contribution is 2.24. The van der Waals surface area contributed by atoms with Crippen LogP contribution >= 0.6 is 0 Å². The van der Waals surface area contributed by atoms with E-state index in [0.717, 1.165) is 17.0 Å². The van der Waals surface area contributed by atoms with Crippen molar-refractivity contribution in [2.75, 3.05) is 5.43 Å². The highest BCUT2D eigenvalue weighted by molar-refractivity contribution is 5.78. The molecule has 0 saturated carbocycles. The van der Waals surface area contributed by atoms with Crippen LogP contribution in [0.4, 0.5) is 11.6 Å². The number of nitro benzene ring substituents is 1. The molecule has 8 nitrogen and oxygen atoms in total. The summed E-state index contributed by atoms with van der Waals surface area (Å²) < 4.78 is 5.66. The number of aromatic nitrogens is 2. The number of furan rings is 1. The average Bonchev–Trinajstić information content (AvgIpc) is 3.03. The molecular weight excluding hydrogens is 322 g/mol. The van der Waals surface area contributed by atoms with Gasteiger partial charge in [-0.2, -0.15) is 5.10 Å². The van der Waals surface area contributed by atoms with Gasteiger partial charge in [0, 0.05) is 29.1 Å². The molecule has 3 aromatic rings. The summed E-state index contributed by atoms with van der Waals surface area (Å²) in [7, 11) is 0. The van der Waals surface area contributed by atoms with Gasteiger partial charge < -0.3 is 4.42 Å². The number of non-ortho nitro benzene ring substituents is 1. The normalized spacial score (nSPS) is 11.0. The van der Waals surface area contributed by atoms with Crippen molar-refractivity contribution in [3.8, 4) is 11.3 Å². The SMILES string of the molecule is Cc1cc(C)nc(N/N=C/c2ccc(-c3ccc([N+](=O)[O-])cc3)o2)n1. The predicted octanol–water partition coefficient (Wildman–Crippen LogP) is 3.71. The fraction of sp³-hybridized carbons (Fsp3) is 0.118. The summed E-state index contributed by atoms with van der Waals surface area (Å²) in [4.78, 5) is 18.7. The quantitative estimate of drug-likeness (QED) is 0.432. The van der Waals surface area contributed by atoms with Gasteiger partial charge in [-0.15, -0.1) is 0 Å². The van der Waals surface area contributed by atoms with Crippen molar-refractivity contribution in [2.45, 2.75) is 13.8 Å². The van der Waals surface area contributed by atoms with Gasteiger partial charge in [0.1, 0.15) is 11.5 Å². The van der Waals surface area contributed by atoms with Crippen LogP contribution in [0.5, 0.6) is 0 Å². The second kappa shape index (κ2) is 6.91. The van der Waals surface area contributed by atoms with E-state index in [9.17, 15) is 10.1 Å². The van der Waals surface area contributed by atoms with Crippen LogP contribution < -0.4 is 5.43 Å². The van der Waals surface area contributed by atoms with Crippen LogP contribution in [0, 0.1) is 24.0 Å². The van der Waals surface area contributed by atoms with Gasteiger partial charge in [0.15, 0.2) is 0 Å². The number of rotatable bonds is 5. The molecule has 0 amide bonds. The van der Waals surface area contributed by atoms with E-state index in [-0.39, 0.29) is 5.69 Å². The van der Waals surface area contributed by atoms with Gasteiger partial charge in [-0.1, -0.05) is 0 Å². The summed E-state index contributed by atoms with van der Waals surface area (Å²) in [6.45, 7) is 3.76. The molecule has 0 saturated heterocycles. The van der Waals surface area contributed by atoms with E-state index in [1.807, 2.05) is 19.9 Å². The Labute approximate surface area is 143 Å². The van der Waals surface area contributed by atoms with Crippen molar-refractivity contribution >= 4 is 17.9 Å². The molecule has 0 spiro atoms. The van der Waals surface area contributed by atoms with E-state index in [4.69, 9.17) is 4.42 Å². The molecule has 2 aromatic heterocycles. The Morgan fingerprint density at radius 2 is 1.80 bits per heavy atom. The lowest BCUT2D eigenvalue weighted by molar-refractivity contribution is -0.384. The molecule has 2 heterocycles. The monoisotopic (exact) mass is 337 g/mol. The largest absolute Gasteiger partial charge is 0.455 e. The second-order valence-corrected chi connectivity index (χ2v) is 5.35. The molecule has 126 valence electrons. The number of hydrazone groups is 1. The van der Waals surface area contributed by atoms with Crippen LogP contribution in [0.1, 0.15) is 17.1 Å². The molecule has 0 fully saturated rings. The number of nitrogens with zero attached hydrogens (tertiary/aromatic N) is 4. The van der Waals surface area contributed by atoms with E-state index in [0.29, 0.717) is 17.5 Å². The van der Waals surface area contributed by atoms with Crippen molar-refractivity contribution in [2.24, 2.45) is 5.10 Å². The number of anilines is 1. The number of hydrogen-bond donors (Lipinski definition) is 1.